The predicted molar refractivity (Wildman–Crippen MR) is 142 cm³/mol. The van der Waals surface area contributed by atoms with Gasteiger partial charge in [0.05, 0.1) is 24.5 Å². The molecular weight excluding hydrogens is 527 g/mol. The molecular formula is C26H27Cl3N2O5. The molecule has 4 rings (SSSR count). The molecule has 2 aliphatic rings. The fraction of sp³-hybridized carbons (Fsp3) is 0.385. The van der Waals surface area contributed by atoms with Crippen LogP contribution in [0, 0.1) is 0 Å². The lowest BCUT2D eigenvalue weighted by atomic mass is 10.0. The highest BCUT2D eigenvalue weighted by atomic mass is 35.5. The van der Waals surface area contributed by atoms with Gasteiger partial charge in [-0.2, -0.15) is 0 Å². The highest BCUT2D eigenvalue weighted by Crippen LogP contribution is 2.36. The molecule has 0 saturated carbocycles. The lowest BCUT2D eigenvalue weighted by Gasteiger charge is -2.16. The van der Waals surface area contributed by atoms with Gasteiger partial charge in [0.1, 0.15) is 34.5 Å². The molecule has 0 radical (unpaired) electrons. The molecule has 192 valence electrons. The Bertz CT molecular complexity index is 1130. The first-order valence-electron chi connectivity index (χ1n) is 11.7. The molecule has 0 spiro atoms. The Morgan fingerprint density at radius 1 is 1.19 bits per heavy atom. The summed E-state index contributed by atoms with van der Waals surface area (Å²) in [6.45, 7) is 1.53. The summed E-state index contributed by atoms with van der Waals surface area (Å²) >= 11 is 17.7. The van der Waals surface area contributed by atoms with Crippen LogP contribution in [0.4, 0.5) is 5.69 Å². The molecule has 1 amide bonds. The zero-order valence-corrected chi connectivity index (χ0v) is 22.1. The molecule has 7 nitrogen and oxygen atoms in total. The van der Waals surface area contributed by atoms with Crippen molar-refractivity contribution in [1.29, 1.82) is 0 Å². The van der Waals surface area contributed by atoms with Crippen molar-refractivity contribution in [2.24, 2.45) is 5.16 Å². The molecule has 36 heavy (non-hydrogen) atoms. The van der Waals surface area contributed by atoms with E-state index >= 15 is 0 Å². The minimum atomic E-state index is -0.0711. The number of methoxy groups -OCH3 is 1. The Morgan fingerprint density at radius 3 is 2.69 bits per heavy atom. The number of rotatable bonds is 11. The number of anilines is 1. The monoisotopic (exact) mass is 552 g/mol. The molecule has 1 unspecified atom stereocenters. The number of carbonyl (C=O) groups is 1. The van der Waals surface area contributed by atoms with Crippen LogP contribution in [0.25, 0.3) is 0 Å². The van der Waals surface area contributed by atoms with Gasteiger partial charge in [-0.3, -0.25) is 4.79 Å². The second-order valence-electron chi connectivity index (χ2n) is 8.39. The van der Waals surface area contributed by atoms with Crippen LogP contribution in [-0.2, 0) is 9.63 Å². The first-order chi connectivity index (χ1) is 17.4. The van der Waals surface area contributed by atoms with E-state index in [-0.39, 0.29) is 23.1 Å². The largest absolute Gasteiger partial charge is 0.494 e. The van der Waals surface area contributed by atoms with E-state index in [9.17, 15) is 4.79 Å². The number of oxime groups is 1. The molecule has 0 N–H and O–H groups in total. The summed E-state index contributed by atoms with van der Waals surface area (Å²) in [4.78, 5) is 19.4. The quantitative estimate of drug-likeness (QED) is 0.296. The van der Waals surface area contributed by atoms with Gasteiger partial charge in [-0.15, -0.1) is 0 Å². The summed E-state index contributed by atoms with van der Waals surface area (Å²) in [5, 5.41) is 4.68. The molecule has 2 aromatic carbocycles. The molecule has 1 atom stereocenters. The van der Waals surface area contributed by atoms with Gasteiger partial charge in [0.15, 0.2) is 0 Å². The van der Waals surface area contributed by atoms with Crippen LogP contribution in [0.2, 0.25) is 5.02 Å². The van der Waals surface area contributed by atoms with E-state index in [1.807, 2.05) is 35.2 Å². The minimum absolute atomic E-state index is 0.0711. The van der Waals surface area contributed by atoms with Crippen molar-refractivity contribution in [3.8, 4) is 17.2 Å². The van der Waals surface area contributed by atoms with E-state index in [1.165, 1.54) is 6.08 Å². The van der Waals surface area contributed by atoms with Crippen LogP contribution < -0.4 is 19.1 Å². The van der Waals surface area contributed by atoms with Gasteiger partial charge in [-0.05, 0) is 55.7 Å². The van der Waals surface area contributed by atoms with Crippen LogP contribution in [0.5, 0.6) is 17.2 Å². The maximum atomic E-state index is 11.9. The smallest absolute Gasteiger partial charge is 0.227 e. The number of hydrogen-bond acceptors (Lipinski definition) is 6. The molecule has 10 heteroatoms. The lowest BCUT2D eigenvalue weighted by molar-refractivity contribution is -0.117. The van der Waals surface area contributed by atoms with Crippen molar-refractivity contribution in [2.45, 2.75) is 38.2 Å². The van der Waals surface area contributed by atoms with E-state index in [4.69, 9.17) is 53.9 Å². The summed E-state index contributed by atoms with van der Waals surface area (Å²) in [6, 6.07) is 11.1. The van der Waals surface area contributed by atoms with Crippen molar-refractivity contribution in [1.82, 2.24) is 0 Å². The first kappa shape index (κ1) is 26.5. The lowest BCUT2D eigenvalue weighted by Crippen LogP contribution is -2.23. The second-order valence-corrected chi connectivity index (χ2v) is 9.81. The standard InChI is InChI=1S/C26H27Cl3N2O5/c1-33-26-21(14-20(15-22(26)27)35-13-10-24(28)29)23-16-19(36-30-23)4-3-12-34-18-8-6-17(7-9-18)31-11-2-5-25(31)32/h6-10,14-15,19H,2-5,11-13,16H2,1H3. The zero-order chi connectivity index (χ0) is 25.5. The number of nitrogens with zero attached hydrogens (tertiary/aromatic N) is 2. The van der Waals surface area contributed by atoms with Crippen molar-refractivity contribution in [2.75, 3.05) is 31.8 Å². The third-order valence-electron chi connectivity index (χ3n) is 5.91. The van der Waals surface area contributed by atoms with Crippen molar-refractivity contribution < 1.29 is 23.8 Å². The van der Waals surface area contributed by atoms with Crippen LogP contribution in [0.15, 0.2) is 52.1 Å². The number of benzene rings is 2. The molecule has 1 fully saturated rings. The van der Waals surface area contributed by atoms with E-state index in [0.29, 0.717) is 36.0 Å². The Balaban J connectivity index is 1.26. The van der Waals surface area contributed by atoms with E-state index in [1.54, 1.807) is 13.2 Å². The number of ether oxygens (including phenoxy) is 3. The average Bonchev–Trinajstić information content (AvgIpc) is 3.51. The topological polar surface area (TPSA) is 69.6 Å². The van der Waals surface area contributed by atoms with E-state index in [2.05, 4.69) is 5.16 Å². The van der Waals surface area contributed by atoms with Gasteiger partial charge in [-0.1, -0.05) is 40.0 Å². The zero-order valence-electron chi connectivity index (χ0n) is 19.8. The summed E-state index contributed by atoms with van der Waals surface area (Å²) < 4.78 is 17.2. The summed E-state index contributed by atoms with van der Waals surface area (Å²) in [7, 11) is 1.56. The van der Waals surface area contributed by atoms with Crippen LogP contribution >= 0.6 is 34.8 Å². The Hall–Kier alpha value is -2.61. The fourth-order valence-electron chi connectivity index (χ4n) is 4.16. The van der Waals surface area contributed by atoms with Gasteiger partial charge in [0.2, 0.25) is 5.91 Å². The van der Waals surface area contributed by atoms with Crippen LogP contribution in [-0.4, -0.2) is 44.6 Å². The number of carbonyl (C=O) groups excluding carboxylic acids is 1. The first-order valence-corrected chi connectivity index (χ1v) is 12.9. The Morgan fingerprint density at radius 2 is 2.00 bits per heavy atom. The van der Waals surface area contributed by atoms with E-state index in [0.717, 1.165) is 48.5 Å². The normalized spacial score (nSPS) is 17.0. The van der Waals surface area contributed by atoms with Crippen LogP contribution in [0.3, 0.4) is 0 Å². The average molecular weight is 554 g/mol. The predicted octanol–water partition coefficient (Wildman–Crippen LogP) is 6.53. The summed E-state index contributed by atoms with van der Waals surface area (Å²) in [6.07, 6.45) is 5.18. The third kappa shape index (κ3) is 6.78. The van der Waals surface area contributed by atoms with Gasteiger partial charge < -0.3 is 23.9 Å². The SMILES string of the molecule is COc1c(Cl)cc(OCC=C(Cl)Cl)cc1C1=NOC(CCCOc2ccc(N3CCCC3=O)cc2)C1. The molecule has 0 aliphatic carbocycles. The van der Waals surface area contributed by atoms with Crippen molar-refractivity contribution in [3.05, 3.63) is 57.6 Å². The minimum Gasteiger partial charge on any atom is -0.494 e. The summed E-state index contributed by atoms with van der Waals surface area (Å²) in [5.41, 5.74) is 2.37. The summed E-state index contributed by atoms with van der Waals surface area (Å²) in [5.74, 6) is 2.01. The van der Waals surface area contributed by atoms with Gasteiger partial charge in [0.25, 0.3) is 0 Å². The maximum absolute atomic E-state index is 11.9. The fourth-order valence-corrected chi connectivity index (χ4v) is 4.57. The molecule has 2 aromatic rings. The molecule has 2 heterocycles. The Kier molecular flexibility index (Phi) is 9.24. The second kappa shape index (κ2) is 12.6. The highest BCUT2D eigenvalue weighted by molar-refractivity contribution is 6.55. The van der Waals surface area contributed by atoms with Gasteiger partial charge in [-0.25, -0.2) is 0 Å². The van der Waals surface area contributed by atoms with Crippen LogP contribution in [0.1, 0.15) is 37.7 Å². The molecule has 2 aliphatic heterocycles. The van der Waals surface area contributed by atoms with Crippen molar-refractivity contribution in [3.63, 3.8) is 0 Å². The van der Waals surface area contributed by atoms with Gasteiger partial charge >= 0.3 is 0 Å². The molecule has 1 saturated heterocycles. The number of halogens is 3. The number of hydrogen-bond donors (Lipinski definition) is 0. The maximum Gasteiger partial charge on any atom is 0.227 e. The third-order valence-corrected chi connectivity index (χ3v) is 6.50. The van der Waals surface area contributed by atoms with Crippen molar-refractivity contribution >= 4 is 52.1 Å². The highest BCUT2D eigenvalue weighted by Gasteiger charge is 2.26. The molecule has 0 bridgehead atoms. The van der Waals surface area contributed by atoms with Gasteiger partial charge in [0, 0.05) is 36.7 Å². The Labute approximate surface area is 225 Å². The number of amides is 1. The molecule has 0 aromatic heterocycles. The van der Waals surface area contributed by atoms with E-state index < -0.39 is 0 Å².